The zero-order valence-electron chi connectivity index (χ0n) is 12.3. The topological polar surface area (TPSA) is 93.2 Å². The van der Waals surface area contributed by atoms with E-state index in [2.05, 4.69) is 10.4 Å². The second-order valence-corrected chi connectivity index (χ2v) is 5.00. The van der Waals surface area contributed by atoms with Gasteiger partial charge in [-0.3, -0.25) is 9.48 Å². The third kappa shape index (κ3) is 3.53. The van der Waals surface area contributed by atoms with Gasteiger partial charge in [0.15, 0.2) is 5.75 Å². The molecule has 0 radical (unpaired) electrons. The molecule has 0 aliphatic heterocycles. The van der Waals surface area contributed by atoms with Gasteiger partial charge in [0, 0.05) is 18.8 Å². The summed E-state index contributed by atoms with van der Waals surface area (Å²) < 4.78 is 1.92. The molecule has 21 heavy (non-hydrogen) atoms. The fourth-order valence-corrected chi connectivity index (χ4v) is 2.17. The minimum atomic E-state index is -0.326. The standard InChI is InChI=1S/C15H20N4O2/c1-10-9-11(2)19(18-10)8-4-7-17-15(21)12-5-3-6-13(16)14(12)20/h3,5-6,9,20H,4,7-8,16H2,1-2H3,(H,17,21). The van der Waals surface area contributed by atoms with Gasteiger partial charge >= 0.3 is 0 Å². The number of benzene rings is 1. The fraction of sp³-hybridized carbons (Fsp3) is 0.333. The average Bonchev–Trinajstić information content (AvgIpc) is 2.76. The SMILES string of the molecule is Cc1cc(C)n(CCCNC(=O)c2cccc(N)c2O)n1. The Kier molecular flexibility index (Phi) is 4.47. The first-order valence-electron chi connectivity index (χ1n) is 6.85. The molecule has 0 spiro atoms. The number of carbonyl (C=O) groups excluding carboxylic acids is 1. The minimum absolute atomic E-state index is 0.173. The molecule has 0 atom stereocenters. The van der Waals surface area contributed by atoms with Crippen molar-refractivity contribution < 1.29 is 9.90 Å². The van der Waals surface area contributed by atoms with Crippen molar-refractivity contribution >= 4 is 11.6 Å². The zero-order chi connectivity index (χ0) is 15.4. The molecule has 0 aliphatic carbocycles. The van der Waals surface area contributed by atoms with Gasteiger partial charge in [-0.2, -0.15) is 5.10 Å². The quantitative estimate of drug-likeness (QED) is 0.442. The Bertz CT molecular complexity index is 649. The monoisotopic (exact) mass is 288 g/mol. The summed E-state index contributed by atoms with van der Waals surface area (Å²) in [5.41, 5.74) is 8.05. The lowest BCUT2D eigenvalue weighted by molar-refractivity contribution is 0.0950. The van der Waals surface area contributed by atoms with Gasteiger partial charge in [0.05, 0.1) is 16.9 Å². The number of nitrogens with one attached hydrogen (secondary N) is 1. The number of nitrogens with two attached hydrogens (primary N) is 1. The number of rotatable bonds is 5. The predicted octanol–water partition coefficient (Wildman–Crippen LogP) is 1.61. The molecule has 0 fully saturated rings. The van der Waals surface area contributed by atoms with Crippen LogP contribution in [0, 0.1) is 13.8 Å². The van der Waals surface area contributed by atoms with Crippen molar-refractivity contribution in [1.82, 2.24) is 15.1 Å². The maximum Gasteiger partial charge on any atom is 0.255 e. The molecule has 0 bridgehead atoms. The molecule has 1 aromatic heterocycles. The number of hydrogen-bond donors (Lipinski definition) is 3. The Labute approximate surface area is 123 Å². The summed E-state index contributed by atoms with van der Waals surface area (Å²) in [7, 11) is 0. The number of phenols is 1. The lowest BCUT2D eigenvalue weighted by Crippen LogP contribution is -2.25. The van der Waals surface area contributed by atoms with Gasteiger partial charge in [-0.05, 0) is 38.5 Å². The van der Waals surface area contributed by atoms with Crippen LogP contribution in [0.15, 0.2) is 24.3 Å². The summed E-state index contributed by atoms with van der Waals surface area (Å²) in [6.07, 6.45) is 0.761. The van der Waals surface area contributed by atoms with Crippen molar-refractivity contribution in [2.45, 2.75) is 26.8 Å². The molecule has 1 amide bonds. The molecule has 0 aliphatic rings. The van der Waals surface area contributed by atoms with Gasteiger partial charge < -0.3 is 16.2 Å². The van der Waals surface area contributed by atoms with Crippen molar-refractivity contribution in [3.8, 4) is 5.75 Å². The first-order valence-corrected chi connectivity index (χ1v) is 6.85. The van der Waals surface area contributed by atoms with Crippen molar-refractivity contribution in [3.05, 3.63) is 41.2 Å². The van der Waals surface area contributed by atoms with E-state index >= 15 is 0 Å². The van der Waals surface area contributed by atoms with Gasteiger partial charge in [0.25, 0.3) is 5.91 Å². The summed E-state index contributed by atoms with van der Waals surface area (Å²) in [4.78, 5) is 12.0. The summed E-state index contributed by atoms with van der Waals surface area (Å²) in [6, 6.07) is 6.75. The molecule has 0 unspecified atom stereocenters. The van der Waals surface area contributed by atoms with Crippen LogP contribution in [-0.4, -0.2) is 27.3 Å². The van der Waals surface area contributed by atoms with E-state index in [1.165, 1.54) is 0 Å². The smallest absolute Gasteiger partial charge is 0.255 e. The highest BCUT2D eigenvalue weighted by Gasteiger charge is 2.12. The largest absolute Gasteiger partial charge is 0.505 e. The van der Waals surface area contributed by atoms with Crippen LogP contribution in [0.2, 0.25) is 0 Å². The summed E-state index contributed by atoms with van der Waals surface area (Å²) in [5.74, 6) is -0.498. The van der Waals surface area contributed by atoms with Crippen LogP contribution >= 0.6 is 0 Å². The normalized spacial score (nSPS) is 10.6. The number of amides is 1. The molecule has 6 heteroatoms. The van der Waals surface area contributed by atoms with Crippen molar-refractivity contribution in [2.24, 2.45) is 0 Å². The van der Waals surface area contributed by atoms with Crippen LogP contribution in [0.4, 0.5) is 5.69 Å². The van der Waals surface area contributed by atoms with E-state index in [0.29, 0.717) is 6.54 Å². The number of nitrogen functional groups attached to an aromatic ring is 1. The summed E-state index contributed by atoms with van der Waals surface area (Å²) >= 11 is 0. The van der Waals surface area contributed by atoms with E-state index in [9.17, 15) is 9.90 Å². The molecular weight excluding hydrogens is 268 g/mol. The average molecular weight is 288 g/mol. The minimum Gasteiger partial charge on any atom is -0.505 e. The lowest BCUT2D eigenvalue weighted by atomic mass is 10.1. The molecule has 0 saturated heterocycles. The first-order chi connectivity index (χ1) is 9.99. The van der Waals surface area contributed by atoms with E-state index < -0.39 is 0 Å². The zero-order valence-corrected chi connectivity index (χ0v) is 12.3. The number of anilines is 1. The van der Waals surface area contributed by atoms with Gasteiger partial charge in [-0.1, -0.05) is 6.07 Å². The Hall–Kier alpha value is -2.50. The highest BCUT2D eigenvalue weighted by Crippen LogP contribution is 2.23. The molecule has 112 valence electrons. The Morgan fingerprint density at radius 1 is 1.43 bits per heavy atom. The van der Waals surface area contributed by atoms with Gasteiger partial charge in [-0.25, -0.2) is 0 Å². The van der Waals surface area contributed by atoms with Crippen molar-refractivity contribution in [3.63, 3.8) is 0 Å². The van der Waals surface area contributed by atoms with Gasteiger partial charge in [-0.15, -0.1) is 0 Å². The summed E-state index contributed by atoms with van der Waals surface area (Å²) in [5, 5.41) is 16.9. The fourth-order valence-electron chi connectivity index (χ4n) is 2.17. The van der Waals surface area contributed by atoms with Crippen LogP contribution in [-0.2, 0) is 6.54 Å². The van der Waals surface area contributed by atoms with Crippen LogP contribution < -0.4 is 11.1 Å². The third-order valence-corrected chi connectivity index (χ3v) is 3.25. The highest BCUT2D eigenvalue weighted by atomic mass is 16.3. The number of phenolic OH excluding ortho intramolecular Hbond substituents is 1. The number of para-hydroxylation sites is 1. The molecule has 0 saturated carbocycles. The molecule has 1 heterocycles. The first kappa shape index (κ1) is 14.9. The van der Waals surface area contributed by atoms with Gasteiger partial charge in [0.1, 0.15) is 0 Å². The molecule has 2 rings (SSSR count). The second-order valence-electron chi connectivity index (χ2n) is 5.00. The molecule has 1 aromatic carbocycles. The predicted molar refractivity (Wildman–Crippen MR) is 81.2 cm³/mol. The Balaban J connectivity index is 1.85. The van der Waals surface area contributed by atoms with E-state index in [-0.39, 0.29) is 22.9 Å². The molecular formula is C15H20N4O2. The van der Waals surface area contributed by atoms with E-state index in [4.69, 9.17) is 5.73 Å². The molecule has 6 nitrogen and oxygen atoms in total. The number of aromatic hydroxyl groups is 1. The second kappa shape index (κ2) is 6.30. The molecule has 2 aromatic rings. The van der Waals surface area contributed by atoms with E-state index in [0.717, 1.165) is 24.4 Å². The van der Waals surface area contributed by atoms with Crippen LogP contribution in [0.1, 0.15) is 28.2 Å². The lowest BCUT2D eigenvalue weighted by Gasteiger charge is -2.09. The maximum atomic E-state index is 12.0. The van der Waals surface area contributed by atoms with Crippen LogP contribution in [0.25, 0.3) is 0 Å². The van der Waals surface area contributed by atoms with E-state index in [1.807, 2.05) is 24.6 Å². The number of aryl methyl sites for hydroxylation is 3. The molecule has 4 N–H and O–H groups in total. The summed E-state index contributed by atoms with van der Waals surface area (Å²) in [6.45, 7) is 5.20. The number of aromatic nitrogens is 2. The van der Waals surface area contributed by atoms with Crippen molar-refractivity contribution in [2.75, 3.05) is 12.3 Å². The van der Waals surface area contributed by atoms with Crippen LogP contribution in [0.5, 0.6) is 5.75 Å². The highest BCUT2D eigenvalue weighted by molar-refractivity contribution is 5.98. The van der Waals surface area contributed by atoms with E-state index in [1.54, 1.807) is 18.2 Å². The third-order valence-electron chi connectivity index (χ3n) is 3.25. The van der Waals surface area contributed by atoms with Gasteiger partial charge in [0.2, 0.25) is 0 Å². The van der Waals surface area contributed by atoms with Crippen LogP contribution in [0.3, 0.4) is 0 Å². The Morgan fingerprint density at radius 2 is 2.19 bits per heavy atom. The van der Waals surface area contributed by atoms with Crippen molar-refractivity contribution in [1.29, 1.82) is 0 Å². The number of hydrogen-bond acceptors (Lipinski definition) is 4. The Morgan fingerprint density at radius 3 is 2.86 bits per heavy atom. The number of carbonyl (C=O) groups is 1. The number of nitrogens with zero attached hydrogens (tertiary/aromatic N) is 2. The maximum absolute atomic E-state index is 12.0.